The zero-order chi connectivity index (χ0) is 21.3. The van der Waals surface area contributed by atoms with E-state index in [4.69, 9.17) is 13.9 Å². The van der Waals surface area contributed by atoms with E-state index in [1.165, 1.54) is 18.2 Å². The molecule has 1 N–H and O–H groups in total. The highest BCUT2D eigenvalue weighted by molar-refractivity contribution is 5.86. The second-order valence-electron chi connectivity index (χ2n) is 6.56. The molecule has 1 heterocycles. The summed E-state index contributed by atoms with van der Waals surface area (Å²) in [6.45, 7) is -0.722. The second kappa shape index (κ2) is 10.1. The first-order valence-corrected chi connectivity index (χ1v) is 9.31. The number of likely N-dealkylation sites (N-methyl/N-ethyl adjacent to an activating group) is 1. The lowest BCUT2D eigenvalue weighted by atomic mass is 10.1. The third-order valence-electron chi connectivity index (χ3n) is 4.28. The van der Waals surface area contributed by atoms with Gasteiger partial charge < -0.3 is 24.1 Å². The molecule has 0 spiro atoms. The van der Waals surface area contributed by atoms with Crippen molar-refractivity contribution in [3.05, 3.63) is 66.6 Å². The Hall–Kier alpha value is -3.81. The number of nitrogens with one attached hydrogen (secondary N) is 1. The summed E-state index contributed by atoms with van der Waals surface area (Å²) in [5.41, 5.74) is 0. The smallest absolute Gasteiger partial charge is 0.344 e. The van der Waals surface area contributed by atoms with E-state index in [0.29, 0.717) is 11.5 Å². The molecule has 2 aromatic carbocycles. The summed E-state index contributed by atoms with van der Waals surface area (Å²) in [6.07, 6.45) is 1.51. The van der Waals surface area contributed by atoms with Crippen molar-refractivity contribution in [1.29, 1.82) is 0 Å². The van der Waals surface area contributed by atoms with Crippen LogP contribution in [-0.2, 0) is 25.7 Å². The minimum atomic E-state index is -0.674. The molecule has 0 aliphatic rings. The average molecular weight is 410 g/mol. The van der Waals surface area contributed by atoms with E-state index in [1.54, 1.807) is 18.2 Å². The number of esters is 1. The first kappa shape index (κ1) is 20.9. The average Bonchev–Trinajstić information content (AvgIpc) is 3.28. The molecule has 0 saturated carbocycles. The molecule has 0 atom stereocenters. The molecule has 0 unspecified atom stereocenters. The molecule has 0 saturated heterocycles. The van der Waals surface area contributed by atoms with Crippen molar-refractivity contribution < 1.29 is 28.3 Å². The first-order valence-electron chi connectivity index (χ1n) is 9.31. The van der Waals surface area contributed by atoms with Crippen LogP contribution in [0.2, 0.25) is 0 Å². The van der Waals surface area contributed by atoms with Crippen molar-refractivity contribution in [2.45, 2.75) is 6.54 Å². The largest absolute Gasteiger partial charge is 0.482 e. The molecule has 3 rings (SSSR count). The van der Waals surface area contributed by atoms with Crippen molar-refractivity contribution in [1.82, 2.24) is 10.2 Å². The van der Waals surface area contributed by atoms with Crippen molar-refractivity contribution in [2.24, 2.45) is 0 Å². The number of rotatable bonds is 9. The predicted molar refractivity (Wildman–Crippen MR) is 109 cm³/mol. The van der Waals surface area contributed by atoms with Crippen molar-refractivity contribution >= 4 is 28.6 Å². The fraction of sp³-hybridized carbons (Fsp3) is 0.227. The highest BCUT2D eigenvalue weighted by Gasteiger charge is 2.15. The van der Waals surface area contributed by atoms with Gasteiger partial charge in [0.2, 0.25) is 5.91 Å². The lowest BCUT2D eigenvalue weighted by molar-refractivity contribution is -0.153. The van der Waals surface area contributed by atoms with Crippen LogP contribution in [0.15, 0.2) is 65.3 Å². The standard InChI is InChI=1S/C22H22N2O6/c1-24(13-20(25)23-12-19-7-4-10-28-19)21(26)14-30-22(27)15-29-18-9-8-16-5-2-3-6-17(16)11-18/h2-11H,12-15H2,1H3,(H,23,25). The lowest BCUT2D eigenvalue weighted by Gasteiger charge is -2.16. The zero-order valence-corrected chi connectivity index (χ0v) is 16.5. The number of hydrogen-bond donors (Lipinski definition) is 1. The molecule has 0 aliphatic carbocycles. The molecule has 1 aromatic heterocycles. The molecule has 8 heteroatoms. The number of amides is 2. The van der Waals surface area contributed by atoms with Gasteiger partial charge in [-0.25, -0.2) is 4.79 Å². The van der Waals surface area contributed by atoms with Crippen LogP contribution in [0.1, 0.15) is 5.76 Å². The number of carbonyl (C=O) groups is 3. The fourth-order valence-corrected chi connectivity index (χ4v) is 2.65. The summed E-state index contributed by atoms with van der Waals surface area (Å²) in [4.78, 5) is 36.9. The van der Waals surface area contributed by atoms with Crippen molar-refractivity contribution in [3.63, 3.8) is 0 Å². The molecule has 30 heavy (non-hydrogen) atoms. The number of nitrogens with zero attached hydrogens (tertiary/aromatic N) is 1. The molecule has 156 valence electrons. The molecule has 2 amide bonds. The van der Waals surface area contributed by atoms with Gasteiger partial charge in [0.15, 0.2) is 13.2 Å². The molecular formula is C22H22N2O6. The highest BCUT2D eigenvalue weighted by Crippen LogP contribution is 2.20. The van der Waals surface area contributed by atoms with E-state index in [2.05, 4.69) is 5.32 Å². The molecule has 8 nitrogen and oxygen atoms in total. The SMILES string of the molecule is CN(CC(=O)NCc1ccco1)C(=O)COC(=O)COc1ccc2ccccc2c1. The maximum Gasteiger partial charge on any atom is 0.344 e. The van der Waals surface area contributed by atoms with E-state index < -0.39 is 18.5 Å². The minimum Gasteiger partial charge on any atom is -0.482 e. The van der Waals surface area contributed by atoms with E-state index >= 15 is 0 Å². The van der Waals surface area contributed by atoms with Crippen LogP contribution in [0, 0.1) is 0 Å². The summed E-state index contributed by atoms with van der Waals surface area (Å²) in [6, 6.07) is 16.7. The highest BCUT2D eigenvalue weighted by atomic mass is 16.6. The van der Waals surface area contributed by atoms with Gasteiger partial charge in [-0.2, -0.15) is 0 Å². The Morgan fingerprint density at radius 2 is 1.80 bits per heavy atom. The summed E-state index contributed by atoms with van der Waals surface area (Å²) in [5.74, 6) is -0.386. The van der Waals surface area contributed by atoms with Crippen LogP contribution in [0.25, 0.3) is 10.8 Å². The Kier molecular flexibility index (Phi) is 7.05. The van der Waals surface area contributed by atoms with Crippen LogP contribution < -0.4 is 10.1 Å². The lowest BCUT2D eigenvalue weighted by Crippen LogP contribution is -2.40. The van der Waals surface area contributed by atoms with Gasteiger partial charge >= 0.3 is 5.97 Å². The van der Waals surface area contributed by atoms with Gasteiger partial charge in [-0.15, -0.1) is 0 Å². The van der Waals surface area contributed by atoms with Gasteiger partial charge in [-0.1, -0.05) is 30.3 Å². The monoisotopic (exact) mass is 410 g/mol. The maximum atomic E-state index is 12.0. The van der Waals surface area contributed by atoms with Gasteiger partial charge in [-0.05, 0) is 35.0 Å². The van der Waals surface area contributed by atoms with Crippen LogP contribution in [0.4, 0.5) is 0 Å². The summed E-state index contributed by atoms with van der Waals surface area (Å²) >= 11 is 0. The van der Waals surface area contributed by atoms with Crippen LogP contribution in [-0.4, -0.2) is 49.5 Å². The van der Waals surface area contributed by atoms with Crippen molar-refractivity contribution in [3.8, 4) is 5.75 Å². The molecule has 3 aromatic rings. The number of furan rings is 1. The van der Waals surface area contributed by atoms with Crippen molar-refractivity contribution in [2.75, 3.05) is 26.8 Å². The summed E-state index contributed by atoms with van der Waals surface area (Å²) in [5, 5.41) is 4.69. The van der Waals surface area contributed by atoms with Gasteiger partial charge in [0.25, 0.3) is 5.91 Å². The van der Waals surface area contributed by atoms with E-state index in [-0.39, 0.29) is 25.6 Å². The molecule has 0 radical (unpaired) electrons. The van der Waals surface area contributed by atoms with Gasteiger partial charge in [0, 0.05) is 7.05 Å². The van der Waals surface area contributed by atoms with Crippen LogP contribution in [0.3, 0.4) is 0 Å². The van der Waals surface area contributed by atoms with Gasteiger partial charge in [-0.3, -0.25) is 9.59 Å². The summed E-state index contributed by atoms with van der Waals surface area (Å²) < 4.78 is 15.5. The topological polar surface area (TPSA) is 98.1 Å². The second-order valence-corrected chi connectivity index (χ2v) is 6.56. The fourth-order valence-electron chi connectivity index (χ4n) is 2.65. The van der Waals surface area contributed by atoms with Gasteiger partial charge in [0.05, 0.1) is 19.4 Å². The molecular weight excluding hydrogens is 388 g/mol. The van der Waals surface area contributed by atoms with E-state index in [1.807, 2.05) is 36.4 Å². The van der Waals surface area contributed by atoms with E-state index in [9.17, 15) is 14.4 Å². The third-order valence-corrected chi connectivity index (χ3v) is 4.28. The molecule has 0 bridgehead atoms. The Balaban J connectivity index is 1.36. The van der Waals surface area contributed by atoms with Gasteiger partial charge in [0.1, 0.15) is 11.5 Å². The quantitative estimate of drug-likeness (QED) is 0.543. The number of ether oxygens (including phenoxy) is 2. The molecule has 0 fully saturated rings. The number of carbonyl (C=O) groups excluding carboxylic acids is 3. The summed E-state index contributed by atoms with van der Waals surface area (Å²) in [7, 11) is 1.45. The minimum absolute atomic E-state index is 0.162. The third kappa shape index (κ3) is 6.10. The number of benzene rings is 2. The maximum absolute atomic E-state index is 12.0. The number of fused-ring (bicyclic) bond motifs is 1. The van der Waals surface area contributed by atoms with Crippen LogP contribution in [0.5, 0.6) is 5.75 Å². The Morgan fingerprint density at radius 3 is 2.57 bits per heavy atom. The molecule has 0 aliphatic heterocycles. The normalized spacial score (nSPS) is 10.4. The Labute approximate surface area is 173 Å². The number of hydrogen-bond acceptors (Lipinski definition) is 6. The zero-order valence-electron chi connectivity index (χ0n) is 16.5. The first-order chi connectivity index (χ1) is 14.5. The Morgan fingerprint density at radius 1 is 1.00 bits per heavy atom. The van der Waals surface area contributed by atoms with Crippen LogP contribution >= 0.6 is 0 Å². The Bertz CT molecular complexity index is 1020. The van der Waals surface area contributed by atoms with E-state index in [0.717, 1.165) is 10.8 Å². The predicted octanol–water partition coefficient (Wildman–Crippen LogP) is 2.13.